The smallest absolute Gasteiger partial charge is 0.424 e. The molecule has 33 heavy (non-hydrogen) atoms. The first-order valence-corrected chi connectivity index (χ1v) is 10.3. The number of carbonyl (C=O) groups excluding carboxylic acids is 1. The molecule has 0 aliphatic carbocycles. The highest BCUT2D eigenvalue weighted by atomic mass is 19.4. The summed E-state index contributed by atoms with van der Waals surface area (Å²) in [6, 6.07) is 0. The number of amides is 1. The zero-order chi connectivity index (χ0) is 24.6. The molecule has 3 aromatic rings. The van der Waals surface area contributed by atoms with Crippen molar-refractivity contribution in [3.63, 3.8) is 0 Å². The van der Waals surface area contributed by atoms with Gasteiger partial charge in [0.1, 0.15) is 5.82 Å². The van der Waals surface area contributed by atoms with Crippen molar-refractivity contribution < 1.29 is 27.8 Å². The fourth-order valence-electron chi connectivity index (χ4n) is 3.96. The molecule has 12 heteroatoms. The SMILES string of the molecule is COc1nn(C)c2nc(C)c(CCC(=O)NCCC(O)(c3nccn3C)C(F)(F)F)c(C)c12. The zero-order valence-corrected chi connectivity index (χ0v) is 19.1. The van der Waals surface area contributed by atoms with E-state index in [2.05, 4.69) is 20.4 Å². The van der Waals surface area contributed by atoms with E-state index in [1.807, 2.05) is 13.8 Å². The van der Waals surface area contributed by atoms with Crippen LogP contribution in [0.3, 0.4) is 0 Å². The average Bonchev–Trinajstić information content (AvgIpc) is 3.30. The highest BCUT2D eigenvalue weighted by molar-refractivity contribution is 5.86. The Morgan fingerprint density at radius 1 is 1.27 bits per heavy atom. The molecule has 1 amide bonds. The highest BCUT2D eigenvalue weighted by Crippen LogP contribution is 2.40. The molecule has 3 rings (SSSR count). The summed E-state index contributed by atoms with van der Waals surface area (Å²) in [5.41, 5.74) is -0.0342. The first kappa shape index (κ1) is 24.5. The highest BCUT2D eigenvalue weighted by Gasteiger charge is 2.57. The number of rotatable bonds is 8. The van der Waals surface area contributed by atoms with Crippen molar-refractivity contribution in [2.24, 2.45) is 14.1 Å². The number of halogens is 3. The third-order valence-corrected chi connectivity index (χ3v) is 5.79. The third kappa shape index (κ3) is 4.52. The van der Waals surface area contributed by atoms with Crippen molar-refractivity contribution in [3.8, 4) is 5.88 Å². The van der Waals surface area contributed by atoms with Crippen LogP contribution < -0.4 is 10.1 Å². The molecule has 0 radical (unpaired) electrons. The van der Waals surface area contributed by atoms with Crippen LogP contribution in [0.2, 0.25) is 0 Å². The molecule has 0 bridgehead atoms. The number of pyridine rings is 1. The van der Waals surface area contributed by atoms with E-state index in [4.69, 9.17) is 4.74 Å². The van der Waals surface area contributed by atoms with E-state index >= 15 is 0 Å². The first-order chi connectivity index (χ1) is 15.4. The Balaban J connectivity index is 1.67. The van der Waals surface area contributed by atoms with Crippen molar-refractivity contribution in [1.29, 1.82) is 0 Å². The number of imidazole rings is 1. The van der Waals surface area contributed by atoms with Gasteiger partial charge in [-0.1, -0.05) is 0 Å². The second-order valence-electron chi connectivity index (χ2n) is 7.95. The molecule has 1 unspecified atom stereocenters. The summed E-state index contributed by atoms with van der Waals surface area (Å²) >= 11 is 0. The summed E-state index contributed by atoms with van der Waals surface area (Å²) in [5, 5.41) is 17.9. The Morgan fingerprint density at radius 2 is 1.97 bits per heavy atom. The summed E-state index contributed by atoms with van der Waals surface area (Å²) in [4.78, 5) is 20.6. The van der Waals surface area contributed by atoms with Gasteiger partial charge in [0.15, 0.2) is 5.65 Å². The predicted molar refractivity (Wildman–Crippen MR) is 114 cm³/mol. The predicted octanol–water partition coefficient (Wildman–Crippen LogP) is 2.22. The summed E-state index contributed by atoms with van der Waals surface area (Å²) in [6.07, 6.45) is -2.83. The number of methoxy groups -OCH3 is 1. The molecular formula is C21H27F3N6O3. The Kier molecular flexibility index (Phi) is 6.68. The van der Waals surface area contributed by atoms with Gasteiger partial charge in [0, 0.05) is 51.6 Å². The van der Waals surface area contributed by atoms with Crippen LogP contribution in [0.15, 0.2) is 12.4 Å². The van der Waals surface area contributed by atoms with Crippen molar-refractivity contribution in [2.45, 2.75) is 44.9 Å². The summed E-state index contributed by atoms with van der Waals surface area (Å²) in [6.45, 7) is 3.35. The van der Waals surface area contributed by atoms with Gasteiger partial charge in [0.25, 0.3) is 0 Å². The van der Waals surface area contributed by atoms with Crippen LogP contribution >= 0.6 is 0 Å². The van der Waals surface area contributed by atoms with Crippen molar-refractivity contribution in [3.05, 3.63) is 35.0 Å². The lowest BCUT2D eigenvalue weighted by Crippen LogP contribution is -2.46. The molecule has 3 aromatic heterocycles. The number of fused-ring (bicyclic) bond motifs is 1. The van der Waals surface area contributed by atoms with Gasteiger partial charge in [-0.2, -0.15) is 13.2 Å². The zero-order valence-electron chi connectivity index (χ0n) is 19.1. The number of aliphatic hydroxyl groups is 1. The largest absolute Gasteiger partial charge is 0.479 e. The average molecular weight is 468 g/mol. The Labute approximate surface area is 188 Å². The molecule has 0 aromatic carbocycles. The number of ether oxygens (including phenoxy) is 1. The van der Waals surface area contributed by atoms with Crippen LogP contribution in [0.1, 0.15) is 35.5 Å². The first-order valence-electron chi connectivity index (χ1n) is 10.3. The molecule has 1 atom stereocenters. The molecule has 9 nitrogen and oxygen atoms in total. The molecule has 180 valence electrons. The van der Waals surface area contributed by atoms with Gasteiger partial charge in [-0.05, 0) is 31.4 Å². The van der Waals surface area contributed by atoms with Gasteiger partial charge in [-0.3, -0.25) is 4.79 Å². The summed E-state index contributed by atoms with van der Waals surface area (Å²) in [7, 11) is 4.64. The van der Waals surface area contributed by atoms with Crippen LogP contribution in [-0.4, -0.2) is 55.2 Å². The second kappa shape index (κ2) is 9.00. The Morgan fingerprint density at radius 3 is 2.55 bits per heavy atom. The van der Waals surface area contributed by atoms with Gasteiger partial charge < -0.3 is 19.7 Å². The molecule has 2 N–H and O–H groups in total. The van der Waals surface area contributed by atoms with Crippen LogP contribution in [0, 0.1) is 13.8 Å². The maximum absolute atomic E-state index is 13.6. The normalized spacial score (nSPS) is 13.8. The fraction of sp³-hybridized carbons (Fsp3) is 0.524. The van der Waals surface area contributed by atoms with E-state index in [1.54, 1.807) is 11.7 Å². The van der Waals surface area contributed by atoms with E-state index in [1.165, 1.54) is 26.6 Å². The molecule has 0 saturated carbocycles. The van der Waals surface area contributed by atoms with E-state index in [0.717, 1.165) is 26.8 Å². The summed E-state index contributed by atoms with van der Waals surface area (Å²) < 4.78 is 48.8. The second-order valence-corrected chi connectivity index (χ2v) is 7.95. The molecule has 0 aliphatic rings. The lowest BCUT2D eigenvalue weighted by atomic mass is 9.97. The fourth-order valence-corrected chi connectivity index (χ4v) is 3.96. The molecule has 0 spiro atoms. The van der Waals surface area contributed by atoms with E-state index in [-0.39, 0.29) is 13.0 Å². The third-order valence-electron chi connectivity index (χ3n) is 5.79. The maximum Gasteiger partial charge on any atom is 0.424 e. The minimum Gasteiger partial charge on any atom is -0.479 e. The lowest BCUT2D eigenvalue weighted by molar-refractivity contribution is -0.272. The lowest BCUT2D eigenvalue weighted by Gasteiger charge is -2.30. The minimum atomic E-state index is -4.95. The van der Waals surface area contributed by atoms with Gasteiger partial charge in [0.05, 0.1) is 12.5 Å². The number of carbonyl (C=O) groups is 1. The number of alkyl halides is 3. The topological polar surface area (TPSA) is 107 Å². The Hall–Kier alpha value is -3.15. The Bertz CT molecular complexity index is 1170. The summed E-state index contributed by atoms with van der Waals surface area (Å²) in [5.74, 6) is -0.527. The van der Waals surface area contributed by atoms with Crippen molar-refractivity contribution in [1.82, 2.24) is 29.6 Å². The number of hydrogen-bond donors (Lipinski definition) is 2. The van der Waals surface area contributed by atoms with E-state index in [9.17, 15) is 23.1 Å². The van der Waals surface area contributed by atoms with Gasteiger partial charge >= 0.3 is 6.18 Å². The molecule has 0 aliphatic heterocycles. The van der Waals surface area contributed by atoms with Crippen LogP contribution in [-0.2, 0) is 30.9 Å². The van der Waals surface area contributed by atoms with Crippen molar-refractivity contribution in [2.75, 3.05) is 13.7 Å². The van der Waals surface area contributed by atoms with Crippen LogP contribution in [0.4, 0.5) is 13.2 Å². The quantitative estimate of drug-likeness (QED) is 0.525. The number of nitrogens with zero attached hydrogens (tertiary/aromatic N) is 5. The number of hydrogen-bond acceptors (Lipinski definition) is 6. The van der Waals surface area contributed by atoms with Crippen molar-refractivity contribution >= 4 is 16.9 Å². The molecule has 0 saturated heterocycles. The number of aromatic nitrogens is 5. The van der Waals surface area contributed by atoms with Gasteiger partial charge in [0.2, 0.25) is 17.4 Å². The van der Waals surface area contributed by atoms with E-state index < -0.39 is 29.9 Å². The van der Waals surface area contributed by atoms with Gasteiger partial charge in [-0.15, -0.1) is 5.10 Å². The maximum atomic E-state index is 13.6. The van der Waals surface area contributed by atoms with E-state index in [0.29, 0.717) is 17.9 Å². The molecule has 0 fully saturated rings. The number of nitrogens with one attached hydrogen (secondary N) is 1. The van der Waals surface area contributed by atoms with Crippen LogP contribution in [0.5, 0.6) is 5.88 Å². The monoisotopic (exact) mass is 468 g/mol. The van der Waals surface area contributed by atoms with Crippen LogP contribution in [0.25, 0.3) is 11.0 Å². The minimum absolute atomic E-state index is 0.0459. The standard InChI is InChI=1S/C21H27F3N6O3/c1-12-14(13(2)27-17-16(12)18(33-5)28-30(17)4)6-7-15(31)25-9-8-20(32,21(22,23)24)19-26-10-11-29(19)3/h10-11,32H,6-9H2,1-5H3,(H,25,31). The number of aryl methyl sites for hydroxylation is 4. The molecule has 3 heterocycles. The van der Waals surface area contributed by atoms with Gasteiger partial charge in [-0.25, -0.2) is 14.6 Å². The molecular weight excluding hydrogens is 441 g/mol.